The molecule has 4 aromatic carbocycles. The molecule has 4 aromatic rings. The number of benzene rings is 4. The second kappa shape index (κ2) is 19.5. The molecule has 0 aliphatic heterocycles. The summed E-state index contributed by atoms with van der Waals surface area (Å²) in [6.07, 6.45) is 2.77. The fourth-order valence-corrected chi connectivity index (χ4v) is 7.34. The Morgan fingerprint density at radius 3 is 0.963 bits per heavy atom. The minimum atomic E-state index is -0.732. The van der Waals surface area contributed by atoms with Gasteiger partial charge in [0.15, 0.2) is 11.6 Å². The normalized spacial score (nSPS) is 13.5. The van der Waals surface area contributed by atoms with Gasteiger partial charge < -0.3 is 34.2 Å². The van der Waals surface area contributed by atoms with E-state index in [0.717, 1.165) is 66.8 Å². The van der Waals surface area contributed by atoms with Gasteiger partial charge in [-0.2, -0.15) is 0 Å². The number of nitrogens with zero attached hydrogens (tertiary/aromatic N) is 2. The zero-order valence-electron chi connectivity index (χ0n) is 33.3. The maximum atomic E-state index is 14.0. The van der Waals surface area contributed by atoms with Crippen molar-refractivity contribution in [3.8, 4) is 0 Å². The van der Waals surface area contributed by atoms with E-state index in [1.165, 1.54) is 26.3 Å². The van der Waals surface area contributed by atoms with Gasteiger partial charge in [-0.1, -0.05) is 106 Å². The van der Waals surface area contributed by atoms with E-state index < -0.39 is 35.2 Å². The number of carbonyl (C=O) groups excluding carboxylic acids is 2. The number of ketones is 2. The fourth-order valence-electron chi connectivity index (χ4n) is 7.34. The molecule has 0 unspecified atom stereocenters. The van der Waals surface area contributed by atoms with Crippen LogP contribution in [0.2, 0.25) is 0 Å². The van der Waals surface area contributed by atoms with Crippen LogP contribution in [0.25, 0.3) is 11.5 Å². The topological polar surface area (TPSA) is 105 Å². The van der Waals surface area contributed by atoms with Crippen molar-refractivity contribution < 1.29 is 60.6 Å². The summed E-state index contributed by atoms with van der Waals surface area (Å²) in [5, 5.41) is 28.1. The van der Waals surface area contributed by atoms with Gasteiger partial charge in [-0.05, 0) is 128 Å². The average molecular weight is 881 g/mol. The van der Waals surface area contributed by atoms with Crippen LogP contribution in [0.15, 0.2) is 81.8 Å². The van der Waals surface area contributed by atoms with Crippen molar-refractivity contribution in [3.63, 3.8) is 0 Å². The van der Waals surface area contributed by atoms with E-state index in [4.69, 9.17) is 9.98 Å². The second-order valence-corrected chi connectivity index (χ2v) is 14.4. The molecular formula is C46H50CoIN2O4. The molecule has 0 fully saturated rings. The Kier molecular flexibility index (Phi) is 16.6. The molecule has 0 amide bonds. The molecule has 0 aromatic heterocycles. The van der Waals surface area contributed by atoms with E-state index in [9.17, 15) is 19.8 Å². The first-order valence-corrected chi connectivity index (χ1v) is 17.6. The Morgan fingerprint density at radius 2 is 0.722 bits per heavy atom. The number of allylic oxidation sites excluding steroid dienone is 2. The summed E-state index contributed by atoms with van der Waals surface area (Å²) in [4.78, 5) is 36.4. The van der Waals surface area contributed by atoms with Gasteiger partial charge in [0, 0.05) is 23.6 Å². The Bertz CT molecular complexity index is 1950. The van der Waals surface area contributed by atoms with Crippen LogP contribution in [-0.2, 0) is 26.4 Å². The first-order valence-electron chi connectivity index (χ1n) is 17.6. The predicted octanol–water partition coefficient (Wildman–Crippen LogP) is 5.42. The number of halogens is 1. The monoisotopic (exact) mass is 880 g/mol. The van der Waals surface area contributed by atoms with Gasteiger partial charge in [0.2, 0.25) is 0 Å². The summed E-state index contributed by atoms with van der Waals surface area (Å²) < 4.78 is 0. The maximum absolute atomic E-state index is 14.0. The van der Waals surface area contributed by atoms with Crippen molar-refractivity contribution in [2.24, 2.45) is 9.98 Å². The van der Waals surface area contributed by atoms with Crippen LogP contribution in [0, 0.1) is 69.2 Å². The predicted molar refractivity (Wildman–Crippen MR) is 211 cm³/mol. The first-order chi connectivity index (χ1) is 24.4. The third kappa shape index (κ3) is 11.0. The molecule has 0 bridgehead atoms. The van der Waals surface area contributed by atoms with E-state index in [1.54, 1.807) is 0 Å². The molecule has 54 heavy (non-hydrogen) atoms. The minimum Gasteiger partial charge on any atom is -1.00 e. The molecule has 2 atom stereocenters. The molecule has 0 radical (unpaired) electrons. The van der Waals surface area contributed by atoms with Crippen LogP contribution in [0.1, 0.15) is 104 Å². The molecule has 284 valence electrons. The summed E-state index contributed by atoms with van der Waals surface area (Å²) in [6, 6.07) is 18.5. The largest absolute Gasteiger partial charge is 3.00 e. The number of aryl methyl sites for hydroxylation is 10. The first kappa shape index (κ1) is 46.0. The van der Waals surface area contributed by atoms with Crippen molar-refractivity contribution >= 4 is 35.5 Å². The average Bonchev–Trinajstić information content (AvgIpc) is 2.99. The maximum Gasteiger partial charge on any atom is 3.00 e. The van der Waals surface area contributed by atoms with E-state index in [2.05, 4.69) is 12.1 Å². The zero-order valence-corrected chi connectivity index (χ0v) is 36.5. The van der Waals surface area contributed by atoms with Gasteiger partial charge >= 0.3 is 16.8 Å². The van der Waals surface area contributed by atoms with Gasteiger partial charge in [0.1, 0.15) is 12.1 Å². The molecule has 6 nitrogen and oxygen atoms in total. The van der Waals surface area contributed by atoms with Crippen LogP contribution in [0.5, 0.6) is 0 Å². The van der Waals surface area contributed by atoms with Gasteiger partial charge in [-0.25, -0.2) is 0 Å². The Morgan fingerprint density at radius 1 is 0.481 bits per heavy atom. The number of rotatable bonds is 11. The molecule has 0 saturated heterocycles. The Hall–Kier alpha value is -4.12. The van der Waals surface area contributed by atoms with Crippen molar-refractivity contribution in [2.75, 3.05) is 0 Å². The van der Waals surface area contributed by atoms with Crippen molar-refractivity contribution in [1.82, 2.24) is 0 Å². The van der Waals surface area contributed by atoms with Crippen LogP contribution in [-0.4, -0.2) is 24.0 Å². The number of hydrogen-bond acceptors (Lipinski definition) is 6. The fraction of sp³-hybridized carbons (Fsp3) is 0.304. The Balaban J connectivity index is 0.00000504. The smallest absolute Gasteiger partial charge is 1.00 e. The van der Waals surface area contributed by atoms with Gasteiger partial charge in [0.05, 0.1) is 0 Å². The van der Waals surface area contributed by atoms with Crippen LogP contribution in [0.4, 0.5) is 0 Å². The van der Waals surface area contributed by atoms with Crippen LogP contribution < -0.4 is 34.2 Å². The van der Waals surface area contributed by atoms with E-state index in [1.807, 2.05) is 118 Å². The molecule has 4 rings (SSSR count). The van der Waals surface area contributed by atoms with Crippen molar-refractivity contribution in [3.05, 3.63) is 150 Å². The summed E-state index contributed by atoms with van der Waals surface area (Å²) in [6.45, 7) is 22.2. The number of Topliss-reactive ketones (excluding diaryl/α,β-unsaturated/α-hetero) is 2. The molecule has 0 aliphatic carbocycles. The SMILES string of the molecule is CC(=O)/C(C=N[C@@H](c1cc(C)cc(C)c1)[C@@H](N=C/C(C(C)=O)=C(/[O-])c1c(C)cc(C)cc1C)c1cc(C)cc(C)c1)=C(\[O-])c1c(C)cc(C)cc1C.[Co+3].[I-]. The third-order valence-corrected chi connectivity index (χ3v) is 9.25. The molecule has 0 heterocycles. The standard InChI is InChI=1S/C46H52N2O4.Co.HI/c1-25-13-26(2)20-37(19-25)43(47-23-39(35(11)49)45(51)41-31(7)15-29(5)16-32(41)8)44(38-21-27(3)14-28(4)22-38)48-24-40(36(12)50)46(52)42-33(9)17-30(6)18-34(42)10;;/h13-24,43-44,51-52H,1-12H3;;1H/q;+3;/p-3/b45-39-,46-40-,47-23?,48-24?;;/t43-,44-;;/m0../s1. The summed E-state index contributed by atoms with van der Waals surface area (Å²) in [5.74, 6) is -1.59. The molecule has 8 heteroatoms. The molecule has 0 saturated carbocycles. The van der Waals surface area contributed by atoms with Crippen molar-refractivity contribution in [2.45, 2.75) is 95.2 Å². The second-order valence-electron chi connectivity index (χ2n) is 14.4. The number of hydrogen-bond donors (Lipinski definition) is 0. The van der Waals surface area contributed by atoms with E-state index >= 15 is 0 Å². The summed E-state index contributed by atoms with van der Waals surface area (Å²) in [5.41, 5.74) is 11.7. The zero-order chi connectivity index (χ0) is 38.6. The van der Waals surface area contributed by atoms with Gasteiger partial charge in [-0.15, -0.1) is 0 Å². The quantitative estimate of drug-likeness (QED) is 0.0870. The molecule has 0 aliphatic rings. The number of aliphatic imine (C=N–C) groups is 2. The summed E-state index contributed by atoms with van der Waals surface area (Å²) in [7, 11) is 0. The van der Waals surface area contributed by atoms with Gasteiger partial charge in [-0.3, -0.25) is 19.6 Å². The third-order valence-electron chi connectivity index (χ3n) is 9.25. The van der Waals surface area contributed by atoms with Crippen LogP contribution >= 0.6 is 0 Å². The van der Waals surface area contributed by atoms with Crippen LogP contribution in [0.3, 0.4) is 0 Å². The van der Waals surface area contributed by atoms with Crippen molar-refractivity contribution in [1.29, 1.82) is 0 Å². The molecular weight excluding hydrogens is 830 g/mol. The molecule has 0 N–H and O–H groups in total. The molecule has 0 spiro atoms. The van der Waals surface area contributed by atoms with E-state index in [-0.39, 0.29) is 51.9 Å². The minimum absolute atomic E-state index is 0. The number of carbonyl (C=O) groups is 2. The van der Waals surface area contributed by atoms with E-state index in [0.29, 0.717) is 11.1 Å². The Labute approximate surface area is 348 Å². The summed E-state index contributed by atoms with van der Waals surface area (Å²) >= 11 is 0. The van der Waals surface area contributed by atoms with Gasteiger partial charge in [0.25, 0.3) is 0 Å².